The molecule has 0 radical (unpaired) electrons. The highest BCUT2D eigenvalue weighted by molar-refractivity contribution is 5.67. The summed E-state index contributed by atoms with van der Waals surface area (Å²) < 4.78 is 11.1. The Morgan fingerprint density at radius 1 is 1.28 bits per heavy atom. The second-order valence-corrected chi connectivity index (χ2v) is 7.79. The molecule has 0 unspecified atom stereocenters. The van der Waals surface area contributed by atoms with Gasteiger partial charge in [-0.2, -0.15) is 0 Å². The van der Waals surface area contributed by atoms with Crippen molar-refractivity contribution in [2.45, 2.75) is 64.6 Å². The van der Waals surface area contributed by atoms with Crippen LogP contribution in [0.3, 0.4) is 0 Å². The standard InChI is InChI=1S/C20H31NO4/c1-20(2,3)25-19(23)21-13-18(22)16-10-7-11-17(12-16)24-14-15-8-5-4-6-9-15/h7,10-12,15,18,22H,4-6,8-9,13-14H2,1-3H3,(H,21,23)/t18-/m1/s1. The van der Waals surface area contributed by atoms with Gasteiger partial charge in [0.25, 0.3) is 0 Å². The molecule has 0 aromatic heterocycles. The second kappa shape index (κ2) is 9.09. The van der Waals surface area contributed by atoms with E-state index in [9.17, 15) is 9.90 Å². The lowest BCUT2D eigenvalue weighted by Crippen LogP contribution is -2.34. The van der Waals surface area contributed by atoms with Gasteiger partial charge in [0.05, 0.1) is 19.3 Å². The van der Waals surface area contributed by atoms with Gasteiger partial charge in [-0.3, -0.25) is 0 Å². The number of aliphatic hydroxyl groups is 1. The molecule has 140 valence electrons. The van der Waals surface area contributed by atoms with Gasteiger partial charge in [-0.1, -0.05) is 31.4 Å². The second-order valence-electron chi connectivity index (χ2n) is 7.79. The van der Waals surface area contributed by atoms with E-state index in [2.05, 4.69) is 5.32 Å². The molecule has 1 aliphatic carbocycles. The third-order valence-corrected chi connectivity index (χ3v) is 4.29. The molecule has 1 aromatic carbocycles. The fourth-order valence-electron chi connectivity index (χ4n) is 2.99. The van der Waals surface area contributed by atoms with E-state index in [1.54, 1.807) is 20.8 Å². The molecular formula is C20H31NO4. The SMILES string of the molecule is CC(C)(C)OC(=O)NC[C@@H](O)c1cccc(OCC2CCCCC2)c1. The quantitative estimate of drug-likeness (QED) is 0.807. The van der Waals surface area contributed by atoms with Gasteiger partial charge in [0.15, 0.2) is 0 Å². The van der Waals surface area contributed by atoms with Crippen LogP contribution < -0.4 is 10.1 Å². The molecule has 0 saturated heterocycles. The van der Waals surface area contributed by atoms with Gasteiger partial charge >= 0.3 is 6.09 Å². The summed E-state index contributed by atoms with van der Waals surface area (Å²) in [6, 6.07) is 7.43. The molecular weight excluding hydrogens is 318 g/mol. The Bertz CT molecular complexity index is 547. The van der Waals surface area contributed by atoms with Crippen LogP contribution >= 0.6 is 0 Å². The molecule has 1 fully saturated rings. The number of hydrogen-bond donors (Lipinski definition) is 2. The van der Waals surface area contributed by atoms with Crippen molar-refractivity contribution >= 4 is 6.09 Å². The lowest BCUT2D eigenvalue weighted by atomic mass is 9.90. The largest absolute Gasteiger partial charge is 0.493 e. The topological polar surface area (TPSA) is 67.8 Å². The Morgan fingerprint density at radius 2 is 2.00 bits per heavy atom. The summed E-state index contributed by atoms with van der Waals surface area (Å²) in [7, 11) is 0. The first-order valence-corrected chi connectivity index (χ1v) is 9.21. The average Bonchev–Trinajstić information content (AvgIpc) is 2.57. The van der Waals surface area contributed by atoms with Crippen molar-refractivity contribution in [2.24, 2.45) is 5.92 Å². The Hall–Kier alpha value is -1.75. The van der Waals surface area contributed by atoms with Gasteiger partial charge in [-0.15, -0.1) is 0 Å². The first-order valence-electron chi connectivity index (χ1n) is 9.21. The van der Waals surface area contributed by atoms with E-state index >= 15 is 0 Å². The molecule has 2 rings (SSSR count). The fraction of sp³-hybridized carbons (Fsp3) is 0.650. The summed E-state index contributed by atoms with van der Waals surface area (Å²) in [5, 5.41) is 12.9. The maximum atomic E-state index is 11.7. The molecule has 1 saturated carbocycles. The minimum Gasteiger partial charge on any atom is -0.493 e. The minimum absolute atomic E-state index is 0.0982. The van der Waals surface area contributed by atoms with Crippen molar-refractivity contribution in [2.75, 3.05) is 13.2 Å². The van der Waals surface area contributed by atoms with E-state index in [1.807, 2.05) is 24.3 Å². The molecule has 1 atom stereocenters. The van der Waals surface area contributed by atoms with Gasteiger partial charge < -0.3 is 19.9 Å². The van der Waals surface area contributed by atoms with Crippen molar-refractivity contribution in [3.05, 3.63) is 29.8 Å². The smallest absolute Gasteiger partial charge is 0.407 e. The zero-order valence-electron chi connectivity index (χ0n) is 15.6. The summed E-state index contributed by atoms with van der Waals surface area (Å²) >= 11 is 0. The van der Waals surface area contributed by atoms with Crippen LogP contribution in [0.25, 0.3) is 0 Å². The fourth-order valence-corrected chi connectivity index (χ4v) is 2.99. The molecule has 1 amide bonds. The number of alkyl carbamates (subject to hydrolysis) is 1. The van der Waals surface area contributed by atoms with Crippen LogP contribution in [-0.4, -0.2) is 30.0 Å². The summed E-state index contributed by atoms with van der Waals surface area (Å²) in [6.45, 7) is 6.24. The Morgan fingerprint density at radius 3 is 2.68 bits per heavy atom. The van der Waals surface area contributed by atoms with E-state index in [1.165, 1.54) is 32.1 Å². The molecule has 1 aliphatic rings. The lowest BCUT2D eigenvalue weighted by Gasteiger charge is -2.22. The predicted molar refractivity (Wildman–Crippen MR) is 97.7 cm³/mol. The van der Waals surface area contributed by atoms with Gasteiger partial charge in [0.1, 0.15) is 11.4 Å². The highest BCUT2D eigenvalue weighted by Crippen LogP contribution is 2.25. The molecule has 1 aromatic rings. The van der Waals surface area contributed by atoms with Crippen molar-refractivity contribution < 1.29 is 19.4 Å². The maximum Gasteiger partial charge on any atom is 0.407 e. The summed E-state index contributed by atoms with van der Waals surface area (Å²) in [6.07, 6.45) is 5.07. The highest BCUT2D eigenvalue weighted by atomic mass is 16.6. The van der Waals surface area contributed by atoms with Crippen LogP contribution in [0.5, 0.6) is 5.75 Å². The number of benzene rings is 1. The van der Waals surface area contributed by atoms with E-state index < -0.39 is 17.8 Å². The molecule has 2 N–H and O–H groups in total. The van der Waals surface area contributed by atoms with Crippen LogP contribution in [0.2, 0.25) is 0 Å². The monoisotopic (exact) mass is 349 g/mol. The number of carbonyl (C=O) groups excluding carboxylic acids is 1. The molecule has 0 heterocycles. The molecule has 5 nitrogen and oxygen atoms in total. The Balaban J connectivity index is 1.81. The Labute approximate surface area is 150 Å². The molecule has 25 heavy (non-hydrogen) atoms. The predicted octanol–water partition coefficient (Wildman–Crippen LogP) is 4.20. The number of aliphatic hydroxyl groups excluding tert-OH is 1. The molecule has 5 heteroatoms. The zero-order chi connectivity index (χ0) is 18.3. The lowest BCUT2D eigenvalue weighted by molar-refractivity contribution is 0.0491. The van der Waals surface area contributed by atoms with Gasteiger partial charge in [-0.25, -0.2) is 4.79 Å². The first-order chi connectivity index (χ1) is 11.8. The van der Waals surface area contributed by atoms with Gasteiger partial charge in [-0.05, 0) is 57.2 Å². The Kier molecular flexibility index (Phi) is 7.12. The maximum absolute atomic E-state index is 11.7. The van der Waals surface area contributed by atoms with Crippen molar-refractivity contribution in [3.63, 3.8) is 0 Å². The molecule has 0 aliphatic heterocycles. The normalized spacial score (nSPS) is 17.0. The number of carbonyl (C=O) groups is 1. The van der Waals surface area contributed by atoms with E-state index in [4.69, 9.17) is 9.47 Å². The third kappa shape index (κ3) is 7.34. The summed E-state index contributed by atoms with van der Waals surface area (Å²) in [4.78, 5) is 11.7. The van der Waals surface area contributed by atoms with Crippen LogP contribution in [-0.2, 0) is 4.74 Å². The van der Waals surface area contributed by atoms with E-state index in [-0.39, 0.29) is 6.54 Å². The van der Waals surface area contributed by atoms with Crippen molar-refractivity contribution in [1.29, 1.82) is 0 Å². The third-order valence-electron chi connectivity index (χ3n) is 4.29. The number of amides is 1. The van der Waals surface area contributed by atoms with Crippen LogP contribution in [0.1, 0.15) is 64.5 Å². The summed E-state index contributed by atoms with van der Waals surface area (Å²) in [5.41, 5.74) is 0.166. The zero-order valence-corrected chi connectivity index (χ0v) is 15.6. The summed E-state index contributed by atoms with van der Waals surface area (Å²) in [5.74, 6) is 1.40. The van der Waals surface area contributed by atoms with Crippen LogP contribution in [0.15, 0.2) is 24.3 Å². The number of nitrogens with one attached hydrogen (secondary N) is 1. The van der Waals surface area contributed by atoms with E-state index in [0.717, 1.165) is 17.9 Å². The highest BCUT2D eigenvalue weighted by Gasteiger charge is 2.18. The number of rotatable bonds is 6. The van der Waals surface area contributed by atoms with E-state index in [0.29, 0.717) is 5.92 Å². The minimum atomic E-state index is -0.800. The number of hydrogen-bond acceptors (Lipinski definition) is 4. The van der Waals surface area contributed by atoms with Crippen molar-refractivity contribution in [1.82, 2.24) is 5.32 Å². The molecule has 0 spiro atoms. The first kappa shape index (κ1) is 19.6. The van der Waals surface area contributed by atoms with Crippen LogP contribution in [0.4, 0.5) is 4.79 Å². The molecule has 0 bridgehead atoms. The van der Waals surface area contributed by atoms with Crippen molar-refractivity contribution in [3.8, 4) is 5.75 Å². The van der Waals surface area contributed by atoms with Crippen LogP contribution in [0, 0.1) is 5.92 Å². The van der Waals surface area contributed by atoms with Gasteiger partial charge in [0.2, 0.25) is 0 Å². The number of ether oxygens (including phenoxy) is 2. The van der Waals surface area contributed by atoms with Gasteiger partial charge in [0, 0.05) is 0 Å². The average molecular weight is 349 g/mol.